The second-order valence-corrected chi connectivity index (χ2v) is 8.99. The van der Waals surface area contributed by atoms with Crippen molar-refractivity contribution in [1.82, 2.24) is 25.4 Å². The van der Waals surface area contributed by atoms with Crippen molar-refractivity contribution in [3.8, 4) is 39.4 Å². The molecule has 1 aliphatic rings. The van der Waals surface area contributed by atoms with E-state index in [1.165, 1.54) is 5.56 Å². The Labute approximate surface area is 190 Å². The molecule has 0 amide bonds. The summed E-state index contributed by atoms with van der Waals surface area (Å²) in [5.74, 6) is 0.584. The van der Waals surface area contributed by atoms with Gasteiger partial charge in [0.1, 0.15) is 16.8 Å². The number of thiophene rings is 1. The number of aryl methyl sites for hydroxylation is 2. The maximum Gasteiger partial charge on any atom is 0.187 e. The first-order valence-corrected chi connectivity index (χ1v) is 11.4. The fourth-order valence-electron chi connectivity index (χ4n) is 4.08. The maximum absolute atomic E-state index is 9.92. The summed E-state index contributed by atoms with van der Waals surface area (Å²) < 4.78 is 5.65. The highest BCUT2D eigenvalue weighted by Gasteiger charge is 2.35. The SMILES string of the molecule is Cc1ccsc1-c1cc(-c2nc(-c3ccnc(C4(C#N)CCNCC4)c3)cnc2C)on1. The zero-order valence-corrected chi connectivity index (χ0v) is 18.7. The van der Waals surface area contributed by atoms with E-state index < -0.39 is 5.41 Å². The highest BCUT2D eigenvalue weighted by atomic mass is 32.1. The number of aromatic nitrogens is 4. The zero-order chi connectivity index (χ0) is 22.1. The molecule has 8 heteroatoms. The summed E-state index contributed by atoms with van der Waals surface area (Å²) in [5.41, 5.74) is 5.20. The van der Waals surface area contributed by atoms with Crippen molar-refractivity contribution in [2.45, 2.75) is 32.1 Å². The molecular weight excluding hydrogens is 420 g/mol. The molecule has 0 spiro atoms. The Bertz CT molecular complexity index is 1310. The third kappa shape index (κ3) is 3.60. The first-order valence-electron chi connectivity index (χ1n) is 10.5. The number of piperidine rings is 1. The van der Waals surface area contributed by atoms with Gasteiger partial charge in [-0.1, -0.05) is 5.16 Å². The lowest BCUT2D eigenvalue weighted by Gasteiger charge is -2.30. The molecule has 0 aromatic carbocycles. The molecule has 1 N–H and O–H groups in total. The summed E-state index contributed by atoms with van der Waals surface area (Å²) in [6, 6.07) is 10.4. The molecule has 160 valence electrons. The molecule has 4 aromatic heterocycles. The molecule has 1 saturated heterocycles. The summed E-state index contributed by atoms with van der Waals surface area (Å²) in [7, 11) is 0. The number of nitriles is 1. The summed E-state index contributed by atoms with van der Waals surface area (Å²) in [4.78, 5) is 15.0. The van der Waals surface area contributed by atoms with Crippen LogP contribution in [0.3, 0.4) is 0 Å². The van der Waals surface area contributed by atoms with E-state index in [0.29, 0.717) is 17.1 Å². The number of hydrogen-bond donors (Lipinski definition) is 1. The van der Waals surface area contributed by atoms with Gasteiger partial charge < -0.3 is 9.84 Å². The highest BCUT2D eigenvalue weighted by molar-refractivity contribution is 7.13. The maximum atomic E-state index is 9.92. The lowest BCUT2D eigenvalue weighted by Crippen LogP contribution is -2.39. The highest BCUT2D eigenvalue weighted by Crippen LogP contribution is 2.35. The van der Waals surface area contributed by atoms with Gasteiger partial charge in [0.25, 0.3) is 0 Å². The molecule has 5 heterocycles. The van der Waals surface area contributed by atoms with Crippen LogP contribution in [0.5, 0.6) is 0 Å². The molecule has 0 unspecified atom stereocenters. The Hall–Kier alpha value is -3.41. The van der Waals surface area contributed by atoms with E-state index in [9.17, 15) is 5.26 Å². The van der Waals surface area contributed by atoms with Crippen molar-refractivity contribution < 1.29 is 4.52 Å². The van der Waals surface area contributed by atoms with Crippen molar-refractivity contribution in [2.75, 3.05) is 13.1 Å². The van der Waals surface area contributed by atoms with Crippen LogP contribution in [0, 0.1) is 25.2 Å². The van der Waals surface area contributed by atoms with E-state index >= 15 is 0 Å². The number of rotatable bonds is 4. The molecule has 1 aliphatic heterocycles. The third-order valence-electron chi connectivity index (χ3n) is 6.01. The van der Waals surface area contributed by atoms with Crippen molar-refractivity contribution in [3.63, 3.8) is 0 Å². The number of nitrogens with zero attached hydrogens (tertiary/aromatic N) is 5. The quantitative estimate of drug-likeness (QED) is 0.489. The lowest BCUT2D eigenvalue weighted by atomic mass is 9.77. The van der Waals surface area contributed by atoms with E-state index in [4.69, 9.17) is 9.51 Å². The van der Waals surface area contributed by atoms with E-state index in [1.807, 2.05) is 30.5 Å². The zero-order valence-electron chi connectivity index (χ0n) is 17.9. The molecule has 0 atom stereocenters. The Kier molecular flexibility index (Phi) is 5.29. The minimum atomic E-state index is -0.569. The van der Waals surface area contributed by atoms with Crippen LogP contribution in [0.4, 0.5) is 0 Å². The number of hydrogen-bond acceptors (Lipinski definition) is 8. The summed E-state index contributed by atoms with van der Waals surface area (Å²) in [6.45, 7) is 5.59. The second kappa shape index (κ2) is 8.26. The van der Waals surface area contributed by atoms with Crippen LogP contribution in [0.1, 0.15) is 29.8 Å². The van der Waals surface area contributed by atoms with Crippen LogP contribution < -0.4 is 5.32 Å². The van der Waals surface area contributed by atoms with Gasteiger partial charge in [-0.2, -0.15) is 5.26 Å². The van der Waals surface area contributed by atoms with Crippen LogP contribution in [-0.2, 0) is 5.41 Å². The second-order valence-electron chi connectivity index (χ2n) is 8.07. The first-order chi connectivity index (χ1) is 15.6. The minimum absolute atomic E-state index is 0.569. The van der Waals surface area contributed by atoms with Crippen LogP contribution >= 0.6 is 11.3 Å². The molecule has 0 aliphatic carbocycles. The Morgan fingerprint density at radius 2 is 1.97 bits per heavy atom. The van der Waals surface area contributed by atoms with Gasteiger partial charge in [0, 0.05) is 17.8 Å². The third-order valence-corrected chi connectivity index (χ3v) is 7.05. The lowest BCUT2D eigenvalue weighted by molar-refractivity contribution is 0.375. The van der Waals surface area contributed by atoms with Gasteiger partial charge in [0.15, 0.2) is 5.76 Å². The van der Waals surface area contributed by atoms with Gasteiger partial charge in [0.2, 0.25) is 0 Å². The molecule has 32 heavy (non-hydrogen) atoms. The smallest absolute Gasteiger partial charge is 0.187 e. The van der Waals surface area contributed by atoms with Crippen LogP contribution in [0.15, 0.2) is 46.6 Å². The molecular formula is C24H22N6OS. The van der Waals surface area contributed by atoms with Gasteiger partial charge in [-0.15, -0.1) is 11.3 Å². The molecule has 0 bridgehead atoms. The van der Waals surface area contributed by atoms with Crippen molar-refractivity contribution in [3.05, 3.63) is 59.0 Å². The summed E-state index contributed by atoms with van der Waals surface area (Å²) in [5, 5.41) is 19.5. The first kappa shape index (κ1) is 20.5. The monoisotopic (exact) mass is 442 g/mol. The van der Waals surface area contributed by atoms with Crippen LogP contribution in [0.25, 0.3) is 33.3 Å². The minimum Gasteiger partial charge on any atom is -0.354 e. The Balaban J connectivity index is 1.52. The van der Waals surface area contributed by atoms with Crippen molar-refractivity contribution in [1.29, 1.82) is 5.26 Å². The van der Waals surface area contributed by atoms with Crippen molar-refractivity contribution in [2.24, 2.45) is 0 Å². The number of nitrogens with one attached hydrogen (secondary N) is 1. The van der Waals surface area contributed by atoms with E-state index in [0.717, 1.165) is 53.5 Å². The predicted octanol–water partition coefficient (Wildman–Crippen LogP) is 4.68. The van der Waals surface area contributed by atoms with E-state index in [2.05, 4.69) is 39.5 Å². The largest absolute Gasteiger partial charge is 0.354 e. The predicted molar refractivity (Wildman–Crippen MR) is 123 cm³/mol. The van der Waals surface area contributed by atoms with Crippen LogP contribution in [-0.4, -0.2) is 33.2 Å². The molecule has 7 nitrogen and oxygen atoms in total. The Morgan fingerprint density at radius 1 is 1.12 bits per heavy atom. The van der Waals surface area contributed by atoms with Gasteiger partial charge in [-0.3, -0.25) is 9.97 Å². The van der Waals surface area contributed by atoms with Gasteiger partial charge in [-0.25, -0.2) is 4.98 Å². The van der Waals surface area contributed by atoms with E-state index in [-0.39, 0.29) is 0 Å². The fraction of sp³-hybridized carbons (Fsp3) is 0.292. The summed E-state index contributed by atoms with van der Waals surface area (Å²) in [6.07, 6.45) is 4.99. The average Bonchev–Trinajstić information content (AvgIpc) is 3.49. The molecule has 1 fully saturated rings. The molecule has 4 aromatic rings. The van der Waals surface area contributed by atoms with Gasteiger partial charge in [-0.05, 0) is 68.9 Å². The topological polar surface area (TPSA) is 101 Å². The van der Waals surface area contributed by atoms with Gasteiger partial charge in [0.05, 0.1) is 34.2 Å². The molecule has 5 rings (SSSR count). The normalized spacial score (nSPS) is 15.4. The van der Waals surface area contributed by atoms with Crippen molar-refractivity contribution >= 4 is 11.3 Å². The van der Waals surface area contributed by atoms with Crippen LogP contribution in [0.2, 0.25) is 0 Å². The fourth-order valence-corrected chi connectivity index (χ4v) is 4.96. The van der Waals surface area contributed by atoms with Gasteiger partial charge >= 0.3 is 0 Å². The summed E-state index contributed by atoms with van der Waals surface area (Å²) >= 11 is 1.64. The average molecular weight is 443 g/mol. The molecule has 0 radical (unpaired) electrons. The Morgan fingerprint density at radius 3 is 2.72 bits per heavy atom. The molecule has 0 saturated carbocycles. The van der Waals surface area contributed by atoms with E-state index in [1.54, 1.807) is 23.7 Å². The number of pyridine rings is 1. The standard InChI is InChI=1S/C24H22N6OS/c1-15-4-10-32-23(15)18-12-20(31-30-18)22-16(2)28-13-19(29-22)17-3-7-27-21(11-17)24(14-25)5-8-26-9-6-24/h3-4,7,10-13,26H,5-6,8-9H2,1-2H3.